The summed E-state index contributed by atoms with van der Waals surface area (Å²) in [6.45, 7) is 3.26. The van der Waals surface area contributed by atoms with Crippen molar-refractivity contribution in [2.45, 2.75) is 6.42 Å². The van der Waals surface area contributed by atoms with Crippen LogP contribution in [0.3, 0.4) is 0 Å². The van der Waals surface area contributed by atoms with Crippen LogP contribution in [0.5, 0.6) is 0 Å². The zero-order valence-corrected chi connectivity index (χ0v) is 7.32. The zero-order valence-electron chi connectivity index (χ0n) is 6.50. The van der Waals surface area contributed by atoms with Gasteiger partial charge in [0.15, 0.2) is 0 Å². The lowest BCUT2D eigenvalue weighted by molar-refractivity contribution is -0.132. The maximum Gasteiger partial charge on any atom is 0.445 e. The van der Waals surface area contributed by atoms with Gasteiger partial charge in [0.25, 0.3) is 0 Å². The number of aliphatic carboxylic acids is 1. The fourth-order valence-corrected chi connectivity index (χ4v) is 0.698. The summed E-state index contributed by atoms with van der Waals surface area (Å²) in [5.74, 6) is -1.34. The fourth-order valence-electron chi connectivity index (χ4n) is 0.460. The van der Waals surface area contributed by atoms with Crippen molar-refractivity contribution in [2.24, 2.45) is 0 Å². The molecule has 0 atom stereocenters. The predicted molar refractivity (Wildman–Crippen MR) is 43.2 cm³/mol. The summed E-state index contributed by atoms with van der Waals surface area (Å²) in [6, 6.07) is 0. The molecule has 2 N–H and O–H groups in total. The van der Waals surface area contributed by atoms with E-state index in [9.17, 15) is 13.2 Å². The quantitative estimate of drug-likeness (QED) is 0.292. The van der Waals surface area contributed by atoms with Gasteiger partial charge in [-0.15, -0.1) is 6.58 Å². The monoisotopic (exact) mass is 208 g/mol. The Morgan fingerprint density at radius 3 is 2.38 bits per heavy atom. The number of carboxylic acid groups (broad SMARTS) is 1. The minimum Gasteiger partial charge on any atom is -0.478 e. The van der Waals surface area contributed by atoms with Gasteiger partial charge >= 0.3 is 16.4 Å². The number of carbonyl (C=O) groups is 1. The number of hydrogen-bond donors (Lipinski definition) is 2. The molecule has 0 heterocycles. The first kappa shape index (κ1) is 11.7. The largest absolute Gasteiger partial charge is 0.478 e. The fraction of sp³-hybridized carbons (Fsp3) is 0.167. The molecule has 0 rings (SSSR count). The number of hydrogen-bond acceptors (Lipinski definition) is 4. The van der Waals surface area contributed by atoms with Gasteiger partial charge in [0.05, 0.1) is 5.57 Å². The summed E-state index contributed by atoms with van der Waals surface area (Å²) in [5, 5.41) is 8.43. The van der Waals surface area contributed by atoms with Crippen LogP contribution in [0.15, 0.2) is 24.5 Å². The van der Waals surface area contributed by atoms with Crippen molar-refractivity contribution in [3.8, 4) is 0 Å². The Morgan fingerprint density at radius 2 is 2.08 bits per heavy atom. The maximum absolute atomic E-state index is 10.3. The highest BCUT2D eigenvalue weighted by molar-refractivity contribution is 7.81. The lowest BCUT2D eigenvalue weighted by Crippen LogP contribution is -2.04. The second-order valence-electron chi connectivity index (χ2n) is 1.96. The van der Waals surface area contributed by atoms with Crippen LogP contribution in [0.2, 0.25) is 0 Å². The van der Waals surface area contributed by atoms with Crippen LogP contribution in [0.4, 0.5) is 0 Å². The Bertz CT molecular complexity index is 325. The van der Waals surface area contributed by atoms with Gasteiger partial charge in [-0.1, -0.05) is 6.08 Å². The van der Waals surface area contributed by atoms with Gasteiger partial charge in [-0.05, 0) is 0 Å². The second-order valence-corrected chi connectivity index (χ2v) is 3.01. The molecule has 0 aromatic carbocycles. The molecule has 74 valence electrons. The topological polar surface area (TPSA) is 101 Å². The Labute approximate surface area is 75.1 Å². The van der Waals surface area contributed by atoms with Crippen LogP contribution in [0.1, 0.15) is 6.42 Å². The van der Waals surface area contributed by atoms with Crippen LogP contribution in [0, 0.1) is 0 Å². The Kier molecular flexibility index (Phi) is 4.15. The molecule has 0 spiro atoms. The summed E-state index contributed by atoms with van der Waals surface area (Å²) in [5.41, 5.74) is -0.326. The van der Waals surface area contributed by atoms with E-state index in [0.717, 1.165) is 0 Å². The van der Waals surface area contributed by atoms with E-state index < -0.39 is 16.4 Å². The van der Waals surface area contributed by atoms with Gasteiger partial charge in [0.1, 0.15) is 6.26 Å². The molecular weight excluding hydrogens is 200 g/mol. The summed E-state index contributed by atoms with van der Waals surface area (Å²) in [7, 11) is -4.65. The van der Waals surface area contributed by atoms with E-state index >= 15 is 0 Å². The Balaban J connectivity index is 4.55. The van der Waals surface area contributed by atoms with Crippen molar-refractivity contribution in [3.05, 3.63) is 24.5 Å². The van der Waals surface area contributed by atoms with Crippen LogP contribution in [-0.4, -0.2) is 24.0 Å². The van der Waals surface area contributed by atoms with Crippen molar-refractivity contribution in [1.82, 2.24) is 0 Å². The standard InChI is InChI=1S/C6H8O6S/c1-2-3-5(6(7)8)4-12-13(9,10)11/h2,4H,1,3H2,(H,7,8)(H,9,10,11). The summed E-state index contributed by atoms with van der Waals surface area (Å²) < 4.78 is 31.9. The van der Waals surface area contributed by atoms with Crippen LogP contribution >= 0.6 is 0 Å². The molecule has 0 aliphatic carbocycles. The first-order valence-electron chi connectivity index (χ1n) is 3.05. The molecule has 0 aliphatic rings. The number of allylic oxidation sites excluding steroid dienone is 1. The highest BCUT2D eigenvalue weighted by atomic mass is 32.3. The van der Waals surface area contributed by atoms with E-state index in [1.807, 2.05) is 0 Å². The van der Waals surface area contributed by atoms with Gasteiger partial charge < -0.3 is 9.29 Å². The van der Waals surface area contributed by atoms with E-state index in [1.165, 1.54) is 6.08 Å². The van der Waals surface area contributed by atoms with E-state index in [4.69, 9.17) is 9.66 Å². The number of rotatable bonds is 5. The molecular formula is C6H8O6S. The molecule has 6 nitrogen and oxygen atoms in total. The Morgan fingerprint density at radius 1 is 1.54 bits per heavy atom. The summed E-state index contributed by atoms with van der Waals surface area (Å²) in [4.78, 5) is 10.3. The molecule has 0 bridgehead atoms. The van der Waals surface area contributed by atoms with Crippen molar-refractivity contribution < 1.29 is 27.1 Å². The molecule has 0 aliphatic heterocycles. The van der Waals surface area contributed by atoms with Crippen LogP contribution < -0.4 is 0 Å². The predicted octanol–water partition coefficient (Wildman–Crippen LogP) is 0.350. The molecule has 0 radical (unpaired) electrons. The molecule has 0 aromatic rings. The average Bonchev–Trinajstić information content (AvgIpc) is 1.95. The van der Waals surface area contributed by atoms with Gasteiger partial charge in [-0.25, -0.2) is 4.79 Å². The van der Waals surface area contributed by atoms with E-state index in [0.29, 0.717) is 6.26 Å². The van der Waals surface area contributed by atoms with E-state index in [2.05, 4.69) is 10.8 Å². The summed E-state index contributed by atoms with van der Waals surface area (Å²) in [6.07, 6.45) is 1.64. The van der Waals surface area contributed by atoms with E-state index in [1.54, 1.807) is 0 Å². The first-order chi connectivity index (χ1) is 5.87. The van der Waals surface area contributed by atoms with Gasteiger partial charge in [-0.2, -0.15) is 8.42 Å². The van der Waals surface area contributed by atoms with Crippen LogP contribution in [-0.2, 0) is 19.4 Å². The molecule has 0 amide bonds. The highest BCUT2D eigenvalue weighted by Crippen LogP contribution is 2.03. The lowest BCUT2D eigenvalue weighted by Gasteiger charge is -1.97. The van der Waals surface area contributed by atoms with E-state index in [-0.39, 0.29) is 12.0 Å². The zero-order chi connectivity index (χ0) is 10.5. The summed E-state index contributed by atoms with van der Waals surface area (Å²) >= 11 is 0. The molecule has 0 saturated carbocycles. The molecule has 13 heavy (non-hydrogen) atoms. The average molecular weight is 208 g/mol. The van der Waals surface area contributed by atoms with Crippen molar-refractivity contribution >= 4 is 16.4 Å². The minimum atomic E-state index is -4.65. The SMILES string of the molecule is C=CCC(=COS(=O)(=O)O)C(=O)O. The smallest absolute Gasteiger partial charge is 0.445 e. The highest BCUT2D eigenvalue weighted by Gasteiger charge is 2.08. The third-order valence-electron chi connectivity index (χ3n) is 0.951. The van der Waals surface area contributed by atoms with Crippen molar-refractivity contribution in [2.75, 3.05) is 0 Å². The van der Waals surface area contributed by atoms with Crippen molar-refractivity contribution in [3.63, 3.8) is 0 Å². The van der Waals surface area contributed by atoms with Gasteiger partial charge in [0.2, 0.25) is 0 Å². The second kappa shape index (κ2) is 4.63. The third kappa shape index (κ3) is 5.88. The van der Waals surface area contributed by atoms with Gasteiger partial charge in [-0.3, -0.25) is 4.55 Å². The van der Waals surface area contributed by atoms with Crippen molar-refractivity contribution in [1.29, 1.82) is 0 Å². The van der Waals surface area contributed by atoms with Crippen LogP contribution in [0.25, 0.3) is 0 Å². The minimum absolute atomic E-state index is 0.0646. The first-order valence-corrected chi connectivity index (χ1v) is 4.42. The molecule has 0 fully saturated rings. The number of carboxylic acids is 1. The van der Waals surface area contributed by atoms with Gasteiger partial charge in [0, 0.05) is 6.42 Å². The third-order valence-corrected chi connectivity index (χ3v) is 1.29. The molecule has 7 heteroatoms. The molecule has 0 saturated heterocycles. The maximum atomic E-state index is 10.3. The molecule has 0 aromatic heterocycles. The molecule has 0 unspecified atom stereocenters. The Hall–Kier alpha value is -1.34. The normalized spacial score (nSPS) is 12.2. The lowest BCUT2D eigenvalue weighted by atomic mass is 10.2.